The zero-order valence-electron chi connectivity index (χ0n) is 9.14. The second kappa shape index (κ2) is 5.52. The smallest absolute Gasteiger partial charge is 0.182 e. The Morgan fingerprint density at radius 2 is 2.19 bits per heavy atom. The lowest BCUT2D eigenvalue weighted by atomic mass is 10.2. The number of ether oxygens (including phenoxy) is 1. The van der Waals surface area contributed by atoms with E-state index in [0.29, 0.717) is 19.0 Å². The van der Waals surface area contributed by atoms with E-state index in [-0.39, 0.29) is 11.3 Å². The van der Waals surface area contributed by atoms with Crippen LogP contribution in [0.2, 0.25) is 0 Å². The third-order valence-electron chi connectivity index (χ3n) is 1.86. The molecule has 6 nitrogen and oxygen atoms in total. The molecule has 0 fully saturated rings. The minimum Gasteiger partial charge on any atom is -0.483 e. The van der Waals surface area contributed by atoms with Gasteiger partial charge in [0.25, 0.3) is 0 Å². The second-order valence-corrected chi connectivity index (χ2v) is 2.78. The monoisotopic (exact) mass is 217 g/mol. The van der Waals surface area contributed by atoms with Gasteiger partial charge in [-0.15, -0.1) is 0 Å². The number of hydrogen-bond donors (Lipinski definition) is 0. The molecule has 0 unspecified atom stereocenters. The highest BCUT2D eigenvalue weighted by Crippen LogP contribution is 2.21. The third kappa shape index (κ3) is 2.18. The van der Waals surface area contributed by atoms with Crippen LogP contribution < -0.4 is 0 Å². The van der Waals surface area contributed by atoms with E-state index in [1.54, 1.807) is 0 Å². The zero-order valence-corrected chi connectivity index (χ0v) is 9.14. The Hall–Kier alpha value is -2.34. The molecule has 0 aliphatic heterocycles. The Morgan fingerprint density at radius 1 is 1.44 bits per heavy atom. The molecule has 0 amide bonds. The van der Waals surface area contributed by atoms with Crippen molar-refractivity contribution in [3.8, 4) is 12.1 Å². The lowest BCUT2D eigenvalue weighted by Gasteiger charge is -1.98. The highest BCUT2D eigenvalue weighted by molar-refractivity contribution is 5.62. The number of aromatic nitrogens is 2. The molecule has 0 aromatic carbocycles. The standard InChI is InChI=1S/C10H11N5O/c1-3-15-10(13-7-16-4-2)8(5-11)9(6-12)14-15/h7H,3-4H2,1-2H3. The summed E-state index contributed by atoms with van der Waals surface area (Å²) in [5, 5.41) is 21.7. The molecular formula is C10H11N5O. The average Bonchev–Trinajstić information content (AvgIpc) is 2.66. The molecule has 0 aliphatic rings. The fourth-order valence-corrected chi connectivity index (χ4v) is 1.15. The van der Waals surface area contributed by atoms with Gasteiger partial charge in [0.05, 0.1) is 6.61 Å². The summed E-state index contributed by atoms with van der Waals surface area (Å²) in [6.45, 7) is 4.72. The first-order chi connectivity index (χ1) is 7.78. The maximum Gasteiger partial charge on any atom is 0.182 e. The Bertz CT molecular complexity index is 475. The molecule has 0 atom stereocenters. The van der Waals surface area contributed by atoms with Crippen LogP contribution in [0, 0.1) is 22.7 Å². The van der Waals surface area contributed by atoms with Crippen LogP contribution >= 0.6 is 0 Å². The van der Waals surface area contributed by atoms with Crippen molar-refractivity contribution in [3.05, 3.63) is 11.3 Å². The van der Waals surface area contributed by atoms with E-state index in [0.717, 1.165) is 0 Å². The number of aryl methyl sites for hydroxylation is 1. The van der Waals surface area contributed by atoms with Crippen molar-refractivity contribution < 1.29 is 4.74 Å². The molecule has 16 heavy (non-hydrogen) atoms. The minimum absolute atomic E-state index is 0.0907. The number of hydrogen-bond acceptors (Lipinski definition) is 5. The van der Waals surface area contributed by atoms with Gasteiger partial charge in [0.15, 0.2) is 17.9 Å². The van der Waals surface area contributed by atoms with Crippen LogP contribution in [0.4, 0.5) is 5.82 Å². The fourth-order valence-electron chi connectivity index (χ4n) is 1.15. The van der Waals surface area contributed by atoms with Crippen LogP contribution in [0.1, 0.15) is 25.1 Å². The summed E-state index contributed by atoms with van der Waals surface area (Å²) in [5.41, 5.74) is 0.272. The fraction of sp³-hybridized carbons (Fsp3) is 0.400. The van der Waals surface area contributed by atoms with Gasteiger partial charge in [-0.2, -0.15) is 20.6 Å². The number of nitriles is 2. The number of aliphatic imine (C=N–C) groups is 1. The van der Waals surface area contributed by atoms with Crippen molar-refractivity contribution in [1.29, 1.82) is 10.5 Å². The van der Waals surface area contributed by atoms with Gasteiger partial charge in [0.1, 0.15) is 17.7 Å². The summed E-state index contributed by atoms with van der Waals surface area (Å²) in [6.07, 6.45) is 1.26. The summed E-state index contributed by atoms with van der Waals surface area (Å²) in [5.74, 6) is 0.356. The minimum atomic E-state index is 0.0907. The van der Waals surface area contributed by atoms with E-state index in [9.17, 15) is 0 Å². The van der Waals surface area contributed by atoms with E-state index in [1.807, 2.05) is 26.0 Å². The molecule has 0 bridgehead atoms. The van der Waals surface area contributed by atoms with Gasteiger partial charge in [-0.1, -0.05) is 0 Å². The van der Waals surface area contributed by atoms with Gasteiger partial charge in [0.2, 0.25) is 0 Å². The topological polar surface area (TPSA) is 87.0 Å². The van der Waals surface area contributed by atoms with Gasteiger partial charge >= 0.3 is 0 Å². The second-order valence-electron chi connectivity index (χ2n) is 2.78. The molecule has 82 valence electrons. The largest absolute Gasteiger partial charge is 0.483 e. The molecular weight excluding hydrogens is 206 g/mol. The first-order valence-corrected chi connectivity index (χ1v) is 4.83. The van der Waals surface area contributed by atoms with Crippen molar-refractivity contribution in [3.63, 3.8) is 0 Å². The van der Waals surface area contributed by atoms with E-state index < -0.39 is 0 Å². The molecule has 1 heterocycles. The van der Waals surface area contributed by atoms with Gasteiger partial charge < -0.3 is 4.74 Å². The summed E-state index contributed by atoms with van der Waals surface area (Å²) in [4.78, 5) is 3.99. The maximum atomic E-state index is 8.93. The third-order valence-corrected chi connectivity index (χ3v) is 1.86. The van der Waals surface area contributed by atoms with Crippen LogP contribution in [0.5, 0.6) is 0 Å². The predicted octanol–water partition coefficient (Wildman–Crippen LogP) is 1.34. The Morgan fingerprint density at radius 3 is 2.69 bits per heavy atom. The van der Waals surface area contributed by atoms with E-state index >= 15 is 0 Å². The molecule has 0 radical (unpaired) electrons. The Kier molecular flexibility index (Phi) is 4.05. The van der Waals surface area contributed by atoms with Gasteiger partial charge in [-0.25, -0.2) is 4.68 Å². The summed E-state index contributed by atoms with van der Waals surface area (Å²) in [6, 6.07) is 3.78. The van der Waals surface area contributed by atoms with E-state index in [1.165, 1.54) is 11.1 Å². The van der Waals surface area contributed by atoms with Gasteiger partial charge in [-0.05, 0) is 13.8 Å². The number of nitrogens with zero attached hydrogens (tertiary/aromatic N) is 5. The molecule has 0 N–H and O–H groups in total. The molecule has 0 saturated carbocycles. The molecule has 1 aromatic rings. The lowest BCUT2D eigenvalue weighted by molar-refractivity contribution is 0.343. The molecule has 0 aliphatic carbocycles. The van der Waals surface area contributed by atoms with Crippen LogP contribution in [0.15, 0.2) is 4.99 Å². The average molecular weight is 217 g/mol. The van der Waals surface area contributed by atoms with Crippen LogP contribution in [0.25, 0.3) is 0 Å². The SMILES string of the molecule is CCOC=Nc1c(C#N)c(C#N)nn1CC. The van der Waals surface area contributed by atoms with Crippen LogP contribution in [-0.4, -0.2) is 22.8 Å². The molecule has 0 saturated heterocycles. The summed E-state index contributed by atoms with van der Waals surface area (Å²) < 4.78 is 6.45. The first kappa shape index (κ1) is 11.7. The molecule has 1 aromatic heterocycles. The summed E-state index contributed by atoms with van der Waals surface area (Å²) >= 11 is 0. The number of rotatable bonds is 4. The van der Waals surface area contributed by atoms with E-state index in [4.69, 9.17) is 15.3 Å². The first-order valence-electron chi connectivity index (χ1n) is 4.83. The Labute approximate surface area is 93.4 Å². The highest BCUT2D eigenvalue weighted by Gasteiger charge is 2.15. The van der Waals surface area contributed by atoms with Crippen LogP contribution in [-0.2, 0) is 11.3 Å². The van der Waals surface area contributed by atoms with Crippen molar-refractivity contribution in [2.24, 2.45) is 4.99 Å². The van der Waals surface area contributed by atoms with Crippen molar-refractivity contribution in [2.75, 3.05) is 6.61 Å². The summed E-state index contributed by atoms with van der Waals surface area (Å²) in [7, 11) is 0. The molecule has 0 spiro atoms. The van der Waals surface area contributed by atoms with Gasteiger partial charge in [-0.3, -0.25) is 0 Å². The zero-order chi connectivity index (χ0) is 12.0. The normalized spacial score (nSPS) is 10.0. The maximum absolute atomic E-state index is 8.93. The molecule has 1 rings (SSSR count). The quantitative estimate of drug-likeness (QED) is 0.562. The van der Waals surface area contributed by atoms with Crippen molar-refractivity contribution >= 4 is 12.2 Å². The van der Waals surface area contributed by atoms with Crippen molar-refractivity contribution in [2.45, 2.75) is 20.4 Å². The predicted molar refractivity (Wildman–Crippen MR) is 57.1 cm³/mol. The van der Waals surface area contributed by atoms with Gasteiger partial charge in [0, 0.05) is 6.54 Å². The molecule has 6 heteroatoms. The highest BCUT2D eigenvalue weighted by atomic mass is 16.5. The van der Waals surface area contributed by atoms with Crippen LogP contribution in [0.3, 0.4) is 0 Å². The van der Waals surface area contributed by atoms with Crippen molar-refractivity contribution in [1.82, 2.24) is 9.78 Å². The Balaban J connectivity index is 3.20. The van der Waals surface area contributed by atoms with E-state index in [2.05, 4.69) is 10.1 Å². The lowest BCUT2D eigenvalue weighted by Crippen LogP contribution is -1.96.